The monoisotopic (exact) mass is 384 g/mol. The molecule has 0 saturated carbocycles. The number of benzene rings is 2. The van der Waals surface area contributed by atoms with E-state index in [0.29, 0.717) is 0 Å². The summed E-state index contributed by atoms with van der Waals surface area (Å²) in [5.41, 5.74) is 3.01. The third-order valence-corrected chi connectivity index (χ3v) is 6.01. The van der Waals surface area contributed by atoms with Crippen LogP contribution in [0.3, 0.4) is 0 Å². The van der Waals surface area contributed by atoms with Crippen LogP contribution in [0.25, 0.3) is 5.69 Å². The lowest BCUT2D eigenvalue weighted by atomic mass is 10.2. The molecule has 0 amide bonds. The highest BCUT2D eigenvalue weighted by atomic mass is 32.2. The van der Waals surface area contributed by atoms with Crippen LogP contribution in [0.1, 0.15) is 16.8 Å². The van der Waals surface area contributed by atoms with Gasteiger partial charge in [0, 0.05) is 5.69 Å². The molecule has 3 rings (SSSR count). The Balaban J connectivity index is 2.16. The quantitative estimate of drug-likeness (QED) is 0.632. The van der Waals surface area contributed by atoms with Crippen LogP contribution in [0, 0.1) is 13.8 Å². The van der Waals surface area contributed by atoms with Gasteiger partial charge in [-0.25, -0.2) is 13.4 Å². The molecule has 2 aromatic carbocycles. The van der Waals surface area contributed by atoms with Gasteiger partial charge in [-0.1, -0.05) is 35.4 Å². The molecular formula is C20H20N2O4S. The lowest BCUT2D eigenvalue weighted by Gasteiger charge is -2.10. The number of aryl methyl sites for hydroxylation is 2. The second-order valence-corrected chi connectivity index (χ2v) is 8.14. The number of carbonyl (C=O) groups excluding carboxylic acids is 1. The zero-order valence-electron chi connectivity index (χ0n) is 15.3. The predicted octanol–water partition coefficient (Wildman–Crippen LogP) is 3.04. The number of methoxy groups -OCH3 is 1. The maximum atomic E-state index is 13.1. The Morgan fingerprint density at radius 2 is 1.56 bits per heavy atom. The first kappa shape index (κ1) is 18.8. The van der Waals surface area contributed by atoms with Crippen molar-refractivity contribution in [3.63, 3.8) is 0 Å². The van der Waals surface area contributed by atoms with E-state index in [2.05, 4.69) is 4.98 Å². The van der Waals surface area contributed by atoms with Crippen molar-refractivity contribution in [3.05, 3.63) is 71.7 Å². The summed E-state index contributed by atoms with van der Waals surface area (Å²) in [4.78, 5) is 16.2. The molecule has 0 N–H and O–H groups in total. The molecule has 140 valence electrons. The summed E-state index contributed by atoms with van der Waals surface area (Å²) in [5.74, 6) is -0.538. The van der Waals surface area contributed by atoms with E-state index in [1.165, 1.54) is 25.6 Å². The fourth-order valence-corrected chi connectivity index (χ4v) is 4.09. The van der Waals surface area contributed by atoms with Gasteiger partial charge in [0.2, 0.25) is 9.84 Å². The second-order valence-electron chi connectivity index (χ2n) is 6.27. The number of hydrogen-bond acceptors (Lipinski definition) is 5. The Morgan fingerprint density at radius 1 is 1.00 bits per heavy atom. The molecule has 0 fully saturated rings. The highest BCUT2D eigenvalue weighted by Gasteiger charge is 2.28. The number of rotatable bonds is 5. The van der Waals surface area contributed by atoms with Crippen molar-refractivity contribution in [1.29, 1.82) is 0 Å². The van der Waals surface area contributed by atoms with Crippen LogP contribution in [-0.4, -0.2) is 31.0 Å². The molecule has 0 radical (unpaired) electrons. The van der Waals surface area contributed by atoms with E-state index in [9.17, 15) is 13.2 Å². The maximum absolute atomic E-state index is 13.1. The van der Waals surface area contributed by atoms with Crippen molar-refractivity contribution in [2.75, 3.05) is 7.11 Å². The van der Waals surface area contributed by atoms with Gasteiger partial charge in [0.25, 0.3) is 0 Å². The summed E-state index contributed by atoms with van der Waals surface area (Å²) >= 11 is 0. The zero-order chi connectivity index (χ0) is 19.6. The molecule has 0 aliphatic heterocycles. The highest BCUT2D eigenvalue weighted by Crippen LogP contribution is 2.26. The van der Waals surface area contributed by atoms with Gasteiger partial charge < -0.3 is 9.30 Å². The van der Waals surface area contributed by atoms with E-state index in [4.69, 9.17) is 4.74 Å². The second kappa shape index (κ2) is 7.36. The standard InChI is InChI=1S/C20H20N2O4S/c1-14-4-8-16(9-5-14)22-13-21-20(18(22)12-19(23)26-3)27(24,25)17-10-6-15(2)7-11-17/h4-11,13H,12H2,1-3H3. The molecule has 1 aromatic heterocycles. The minimum atomic E-state index is -3.88. The van der Waals surface area contributed by atoms with E-state index in [0.717, 1.165) is 16.8 Å². The van der Waals surface area contributed by atoms with E-state index >= 15 is 0 Å². The molecule has 3 aromatic rings. The van der Waals surface area contributed by atoms with E-state index in [1.54, 1.807) is 16.7 Å². The van der Waals surface area contributed by atoms with E-state index < -0.39 is 15.8 Å². The minimum Gasteiger partial charge on any atom is -0.469 e. The molecule has 0 saturated heterocycles. The van der Waals surface area contributed by atoms with Gasteiger partial charge in [0.1, 0.15) is 6.33 Å². The predicted molar refractivity (Wildman–Crippen MR) is 101 cm³/mol. The van der Waals surface area contributed by atoms with Crippen LogP contribution < -0.4 is 0 Å². The van der Waals surface area contributed by atoms with Crippen molar-refractivity contribution in [2.45, 2.75) is 30.2 Å². The molecule has 0 aliphatic rings. The van der Waals surface area contributed by atoms with Crippen LogP contribution in [0.15, 0.2) is 64.8 Å². The summed E-state index contributed by atoms with van der Waals surface area (Å²) in [6, 6.07) is 14.0. The fourth-order valence-electron chi connectivity index (χ4n) is 2.71. The number of imidazole rings is 1. The first-order chi connectivity index (χ1) is 12.8. The third kappa shape index (κ3) is 3.78. The summed E-state index contributed by atoms with van der Waals surface area (Å²) in [6.07, 6.45) is 1.22. The van der Waals surface area contributed by atoms with Crippen molar-refractivity contribution in [2.24, 2.45) is 0 Å². The number of nitrogens with zero attached hydrogens (tertiary/aromatic N) is 2. The molecule has 0 aliphatic carbocycles. The number of esters is 1. The Kier molecular flexibility index (Phi) is 5.14. The SMILES string of the molecule is COC(=O)Cc1c(S(=O)(=O)c2ccc(C)cc2)ncn1-c1ccc(C)cc1. The lowest BCUT2D eigenvalue weighted by Crippen LogP contribution is -2.13. The molecule has 7 heteroatoms. The van der Waals surface area contributed by atoms with Crippen LogP contribution >= 0.6 is 0 Å². The average molecular weight is 384 g/mol. The molecule has 1 heterocycles. The molecule has 0 bridgehead atoms. The molecule has 27 heavy (non-hydrogen) atoms. The number of sulfone groups is 1. The zero-order valence-corrected chi connectivity index (χ0v) is 16.2. The van der Waals surface area contributed by atoms with E-state index in [1.807, 2.05) is 38.1 Å². The number of aromatic nitrogens is 2. The van der Waals surface area contributed by atoms with Crippen LogP contribution in [0.5, 0.6) is 0 Å². The highest BCUT2D eigenvalue weighted by molar-refractivity contribution is 7.91. The van der Waals surface area contributed by atoms with Gasteiger partial charge in [-0.3, -0.25) is 4.79 Å². The van der Waals surface area contributed by atoms with Gasteiger partial charge >= 0.3 is 5.97 Å². The van der Waals surface area contributed by atoms with Crippen molar-refractivity contribution in [1.82, 2.24) is 9.55 Å². The summed E-state index contributed by atoms with van der Waals surface area (Å²) in [7, 11) is -2.61. The molecule has 0 spiro atoms. The summed E-state index contributed by atoms with van der Waals surface area (Å²) in [5, 5.41) is -0.141. The molecular weight excluding hydrogens is 364 g/mol. The molecule has 0 unspecified atom stereocenters. The van der Waals surface area contributed by atoms with Crippen molar-refractivity contribution in [3.8, 4) is 5.69 Å². The summed E-state index contributed by atoms with van der Waals surface area (Å²) < 4.78 is 32.6. The third-order valence-electron chi connectivity index (χ3n) is 4.27. The minimum absolute atomic E-state index is 0.133. The van der Waals surface area contributed by atoms with Crippen LogP contribution in [-0.2, 0) is 25.8 Å². The Morgan fingerprint density at radius 3 is 2.11 bits per heavy atom. The number of ether oxygens (including phenoxy) is 1. The number of hydrogen-bond donors (Lipinski definition) is 0. The molecule has 0 atom stereocenters. The van der Waals surface area contributed by atoms with Crippen LogP contribution in [0.4, 0.5) is 0 Å². The Hall–Kier alpha value is -2.93. The first-order valence-corrected chi connectivity index (χ1v) is 9.83. The van der Waals surface area contributed by atoms with Crippen LogP contribution in [0.2, 0.25) is 0 Å². The largest absolute Gasteiger partial charge is 0.469 e. The topological polar surface area (TPSA) is 78.3 Å². The summed E-state index contributed by atoms with van der Waals surface area (Å²) in [6.45, 7) is 3.84. The van der Waals surface area contributed by atoms with Crippen molar-refractivity contribution < 1.29 is 17.9 Å². The average Bonchev–Trinajstić information content (AvgIpc) is 3.07. The Labute approximate surface area is 158 Å². The van der Waals surface area contributed by atoms with Gasteiger partial charge in [0.15, 0.2) is 5.03 Å². The van der Waals surface area contributed by atoms with Crippen molar-refractivity contribution >= 4 is 15.8 Å². The van der Waals surface area contributed by atoms with E-state index in [-0.39, 0.29) is 22.0 Å². The lowest BCUT2D eigenvalue weighted by molar-refractivity contribution is -0.139. The van der Waals surface area contributed by atoms with Gasteiger partial charge in [-0.05, 0) is 38.1 Å². The maximum Gasteiger partial charge on any atom is 0.311 e. The first-order valence-electron chi connectivity index (χ1n) is 8.35. The smallest absolute Gasteiger partial charge is 0.311 e. The normalized spacial score (nSPS) is 11.4. The number of carbonyl (C=O) groups is 1. The van der Waals surface area contributed by atoms with Gasteiger partial charge in [-0.2, -0.15) is 0 Å². The van der Waals surface area contributed by atoms with Gasteiger partial charge in [-0.15, -0.1) is 0 Å². The van der Waals surface area contributed by atoms with Gasteiger partial charge in [0.05, 0.1) is 24.1 Å². The Bertz CT molecular complexity index is 1070. The molecule has 6 nitrogen and oxygen atoms in total. The fraction of sp³-hybridized carbons (Fsp3) is 0.200.